The number of anilines is 1. The van der Waals surface area contributed by atoms with Gasteiger partial charge in [-0.05, 0) is 44.7 Å². The fraction of sp³-hybridized carbons (Fsp3) is 0.600. The third kappa shape index (κ3) is 3.19. The van der Waals surface area contributed by atoms with Crippen LogP contribution in [-0.2, 0) is 6.54 Å². The van der Waals surface area contributed by atoms with E-state index in [-0.39, 0.29) is 5.54 Å². The third-order valence-corrected chi connectivity index (χ3v) is 4.14. The van der Waals surface area contributed by atoms with Gasteiger partial charge in [-0.2, -0.15) is 0 Å². The molecule has 2 N–H and O–H groups in total. The number of nitrogen functional groups attached to an aromatic ring is 1. The minimum atomic E-state index is 0.214. The maximum Gasteiger partial charge on any atom is 0.119 e. The molecule has 0 bridgehead atoms. The van der Waals surface area contributed by atoms with Crippen LogP contribution in [0.4, 0.5) is 5.69 Å². The van der Waals surface area contributed by atoms with Crippen LogP contribution in [0, 0.1) is 0 Å². The second kappa shape index (κ2) is 5.39. The van der Waals surface area contributed by atoms with Crippen LogP contribution in [0.3, 0.4) is 0 Å². The first-order valence-corrected chi connectivity index (χ1v) is 6.78. The highest BCUT2D eigenvalue weighted by Crippen LogP contribution is 2.24. The second-order valence-electron chi connectivity index (χ2n) is 6.01. The molecule has 0 amide bonds. The number of methoxy groups -OCH3 is 1. The van der Waals surface area contributed by atoms with Gasteiger partial charge in [-0.25, -0.2) is 0 Å². The Labute approximate surface area is 116 Å². The van der Waals surface area contributed by atoms with Crippen molar-refractivity contribution in [2.75, 3.05) is 39.5 Å². The molecule has 1 aliphatic heterocycles. The van der Waals surface area contributed by atoms with Crippen molar-refractivity contribution in [2.24, 2.45) is 0 Å². The van der Waals surface area contributed by atoms with Gasteiger partial charge in [0.2, 0.25) is 0 Å². The van der Waals surface area contributed by atoms with Crippen LogP contribution < -0.4 is 10.5 Å². The first-order chi connectivity index (χ1) is 8.92. The Balaban J connectivity index is 2.09. The monoisotopic (exact) mass is 263 g/mol. The van der Waals surface area contributed by atoms with E-state index in [1.165, 1.54) is 0 Å². The number of benzene rings is 1. The molecule has 0 aromatic heterocycles. The van der Waals surface area contributed by atoms with Crippen molar-refractivity contribution < 1.29 is 4.74 Å². The zero-order chi connectivity index (χ0) is 14.0. The molecule has 1 heterocycles. The van der Waals surface area contributed by atoms with Crippen LogP contribution in [-0.4, -0.2) is 49.1 Å². The van der Waals surface area contributed by atoms with Crippen LogP contribution in [0.5, 0.6) is 5.75 Å². The standard InChI is InChI=1S/C15H25N3O/c1-15(2)11-18(8-7-17(15)3)10-12-9-13(19-4)5-6-14(12)16/h5-6,9H,7-8,10-11,16H2,1-4H3. The van der Waals surface area contributed by atoms with Gasteiger partial charge in [0.25, 0.3) is 0 Å². The zero-order valence-corrected chi connectivity index (χ0v) is 12.4. The van der Waals surface area contributed by atoms with Crippen LogP contribution in [0.25, 0.3) is 0 Å². The van der Waals surface area contributed by atoms with Crippen molar-refractivity contribution in [3.8, 4) is 5.75 Å². The lowest BCUT2D eigenvalue weighted by atomic mass is 9.99. The molecule has 1 fully saturated rings. The molecule has 0 radical (unpaired) electrons. The molecule has 1 aromatic rings. The predicted octanol–water partition coefficient (Wildman–Crippen LogP) is 1.80. The Hall–Kier alpha value is -1.26. The number of rotatable bonds is 3. The number of hydrogen-bond acceptors (Lipinski definition) is 4. The molecule has 106 valence electrons. The predicted molar refractivity (Wildman–Crippen MR) is 79.4 cm³/mol. The van der Waals surface area contributed by atoms with Gasteiger partial charge in [-0.15, -0.1) is 0 Å². The van der Waals surface area contributed by atoms with E-state index in [1.54, 1.807) is 7.11 Å². The normalized spacial score (nSPS) is 20.4. The summed E-state index contributed by atoms with van der Waals surface area (Å²) in [7, 11) is 3.88. The van der Waals surface area contributed by atoms with E-state index in [0.717, 1.165) is 43.2 Å². The van der Waals surface area contributed by atoms with Crippen LogP contribution in [0.15, 0.2) is 18.2 Å². The first-order valence-electron chi connectivity index (χ1n) is 6.78. The smallest absolute Gasteiger partial charge is 0.119 e. The second-order valence-corrected chi connectivity index (χ2v) is 6.01. The van der Waals surface area contributed by atoms with Gasteiger partial charge in [0.05, 0.1) is 7.11 Å². The first kappa shape index (κ1) is 14.2. The summed E-state index contributed by atoms with van der Waals surface area (Å²) in [6, 6.07) is 5.88. The molecular formula is C15H25N3O. The highest BCUT2D eigenvalue weighted by Gasteiger charge is 2.30. The molecule has 4 heteroatoms. The molecular weight excluding hydrogens is 238 g/mol. The van der Waals surface area contributed by atoms with Crippen molar-refractivity contribution >= 4 is 5.69 Å². The molecule has 0 spiro atoms. The average molecular weight is 263 g/mol. The summed E-state index contributed by atoms with van der Waals surface area (Å²) in [6.07, 6.45) is 0. The molecule has 1 aromatic carbocycles. The molecule has 0 unspecified atom stereocenters. The number of piperazine rings is 1. The Morgan fingerprint density at radius 1 is 1.32 bits per heavy atom. The Bertz CT molecular complexity index is 445. The number of hydrogen-bond donors (Lipinski definition) is 1. The lowest BCUT2D eigenvalue weighted by Crippen LogP contribution is -2.57. The summed E-state index contributed by atoms with van der Waals surface area (Å²) in [5, 5.41) is 0. The van der Waals surface area contributed by atoms with E-state index in [4.69, 9.17) is 10.5 Å². The molecule has 19 heavy (non-hydrogen) atoms. The SMILES string of the molecule is COc1ccc(N)c(CN2CCN(C)C(C)(C)C2)c1. The molecule has 1 aliphatic rings. The maximum absolute atomic E-state index is 6.06. The van der Waals surface area contributed by atoms with Gasteiger partial charge in [-0.1, -0.05) is 0 Å². The quantitative estimate of drug-likeness (QED) is 0.844. The van der Waals surface area contributed by atoms with Gasteiger partial charge in [-0.3, -0.25) is 9.80 Å². The fourth-order valence-electron chi connectivity index (χ4n) is 2.56. The zero-order valence-electron chi connectivity index (χ0n) is 12.4. The molecule has 0 atom stereocenters. The molecule has 0 saturated carbocycles. The summed E-state index contributed by atoms with van der Waals surface area (Å²) in [5.74, 6) is 0.873. The molecule has 1 saturated heterocycles. The number of likely N-dealkylation sites (N-methyl/N-ethyl adjacent to an activating group) is 1. The van der Waals surface area contributed by atoms with E-state index in [1.807, 2.05) is 18.2 Å². The van der Waals surface area contributed by atoms with Gasteiger partial charge < -0.3 is 10.5 Å². The van der Waals surface area contributed by atoms with Gasteiger partial charge in [0.15, 0.2) is 0 Å². The Kier molecular flexibility index (Phi) is 4.02. The summed E-state index contributed by atoms with van der Waals surface area (Å²) in [4.78, 5) is 4.88. The summed E-state index contributed by atoms with van der Waals surface area (Å²) >= 11 is 0. The van der Waals surface area contributed by atoms with E-state index in [0.29, 0.717) is 0 Å². The molecule has 2 rings (SSSR count). The third-order valence-electron chi connectivity index (χ3n) is 4.14. The highest BCUT2D eigenvalue weighted by atomic mass is 16.5. The summed E-state index contributed by atoms with van der Waals surface area (Å²) in [6.45, 7) is 8.69. The maximum atomic E-state index is 6.06. The minimum Gasteiger partial charge on any atom is -0.497 e. The van der Waals surface area contributed by atoms with Crippen molar-refractivity contribution in [3.05, 3.63) is 23.8 Å². The minimum absolute atomic E-state index is 0.214. The van der Waals surface area contributed by atoms with Crippen LogP contribution in [0.1, 0.15) is 19.4 Å². The van der Waals surface area contributed by atoms with Gasteiger partial charge in [0, 0.05) is 37.4 Å². The van der Waals surface area contributed by atoms with Crippen LogP contribution >= 0.6 is 0 Å². The topological polar surface area (TPSA) is 41.7 Å². The van der Waals surface area contributed by atoms with E-state index >= 15 is 0 Å². The lowest BCUT2D eigenvalue weighted by Gasteiger charge is -2.45. The Morgan fingerprint density at radius 2 is 2.05 bits per heavy atom. The van der Waals surface area contributed by atoms with Crippen molar-refractivity contribution in [3.63, 3.8) is 0 Å². The van der Waals surface area contributed by atoms with Gasteiger partial charge in [0.1, 0.15) is 5.75 Å². The van der Waals surface area contributed by atoms with Crippen LogP contribution in [0.2, 0.25) is 0 Å². The van der Waals surface area contributed by atoms with E-state index in [9.17, 15) is 0 Å². The van der Waals surface area contributed by atoms with Crippen molar-refractivity contribution in [2.45, 2.75) is 25.9 Å². The van der Waals surface area contributed by atoms with Crippen molar-refractivity contribution in [1.29, 1.82) is 0 Å². The highest BCUT2D eigenvalue weighted by molar-refractivity contribution is 5.50. The van der Waals surface area contributed by atoms with E-state index < -0.39 is 0 Å². The lowest BCUT2D eigenvalue weighted by molar-refractivity contribution is 0.0361. The largest absolute Gasteiger partial charge is 0.497 e. The Morgan fingerprint density at radius 3 is 2.68 bits per heavy atom. The summed E-state index contributed by atoms with van der Waals surface area (Å²) < 4.78 is 5.27. The number of nitrogens with two attached hydrogens (primary N) is 1. The van der Waals surface area contributed by atoms with Crippen molar-refractivity contribution in [1.82, 2.24) is 9.80 Å². The molecule has 0 aliphatic carbocycles. The molecule has 4 nitrogen and oxygen atoms in total. The van der Waals surface area contributed by atoms with Gasteiger partial charge >= 0.3 is 0 Å². The fourth-order valence-corrected chi connectivity index (χ4v) is 2.56. The van der Waals surface area contributed by atoms with E-state index in [2.05, 4.69) is 30.7 Å². The average Bonchev–Trinajstić information content (AvgIpc) is 2.36. The number of ether oxygens (including phenoxy) is 1. The number of nitrogens with zero attached hydrogens (tertiary/aromatic N) is 2. The summed E-state index contributed by atoms with van der Waals surface area (Å²) in [5.41, 5.74) is 8.28.